The van der Waals surface area contributed by atoms with Crippen molar-refractivity contribution in [2.75, 3.05) is 6.54 Å². The normalized spacial score (nSPS) is 14.0. The number of halogens is 3. The van der Waals surface area contributed by atoms with E-state index in [4.69, 9.17) is 44.3 Å². The fraction of sp³-hybridized carbons (Fsp3) is 0.436. The number of alkyl carbamates (subject to hydrolysis) is 1. The van der Waals surface area contributed by atoms with E-state index in [2.05, 4.69) is 20.9 Å². The molecule has 0 saturated carbocycles. The molecule has 15 heteroatoms. The van der Waals surface area contributed by atoms with Crippen molar-refractivity contribution in [3.63, 3.8) is 0 Å². The summed E-state index contributed by atoms with van der Waals surface area (Å²) < 4.78 is 12.3. The summed E-state index contributed by atoms with van der Waals surface area (Å²) >= 11 is 19.5. The van der Waals surface area contributed by atoms with E-state index in [0.717, 1.165) is 0 Å². The Labute approximate surface area is 331 Å². The fourth-order valence-corrected chi connectivity index (χ4v) is 5.93. The number of esters is 1. The zero-order valence-electron chi connectivity index (χ0n) is 31.5. The maximum atomic E-state index is 13.8. The van der Waals surface area contributed by atoms with E-state index in [0.29, 0.717) is 29.1 Å². The molecule has 3 amide bonds. The number of ketones is 1. The van der Waals surface area contributed by atoms with Crippen molar-refractivity contribution < 1.29 is 33.4 Å². The number of hydrogen-bond acceptors (Lipinski definition) is 8. The van der Waals surface area contributed by atoms with E-state index in [-0.39, 0.29) is 36.0 Å². The predicted octanol–water partition coefficient (Wildman–Crippen LogP) is 7.25. The van der Waals surface area contributed by atoms with Gasteiger partial charge in [-0.05, 0) is 97.6 Å². The SMILES string of the molecule is C[C@H](NC(=O)[C@H](CCCCNC(=O)/C=C/c1cn(CC(Cl)(C(=O)c2ccc(Cl)cc2Cl)c2ccccc2)cn1)NC(=O)OC(C)(C)C)C(=O)OC(C)(C)C. The van der Waals surface area contributed by atoms with Crippen LogP contribution in [0.5, 0.6) is 0 Å². The van der Waals surface area contributed by atoms with Gasteiger partial charge in [-0.25, -0.2) is 14.6 Å². The minimum absolute atomic E-state index is 0.0190. The second kappa shape index (κ2) is 19.3. The molecule has 3 rings (SSSR count). The standard InChI is InChI=1S/C39H48Cl3N5O7/c1-25(35(51)53-37(2,3)4)45-34(50)31(46-36(52)54-38(5,6)7)15-11-12-20-43-32(48)19-17-28-22-47(24-44-28)23-39(42,26-13-9-8-10-14-26)33(49)29-18-16-27(40)21-30(29)41/h8-10,13-14,16-19,21-22,24-25,31H,11-12,15,20,23H2,1-7H3,(H,43,48)(H,45,50)(H,46,52)/b19-17+/t25-,31-,39?/m0/s1. The topological polar surface area (TPSA) is 158 Å². The van der Waals surface area contributed by atoms with Gasteiger partial charge in [-0.1, -0.05) is 53.5 Å². The first-order valence-electron chi connectivity index (χ1n) is 17.4. The number of alkyl halides is 1. The molecule has 3 atom stereocenters. The largest absolute Gasteiger partial charge is 0.458 e. The van der Waals surface area contributed by atoms with E-state index < -0.39 is 51.9 Å². The summed E-state index contributed by atoms with van der Waals surface area (Å²) in [4.78, 5) is 67.2. The number of amides is 3. The minimum Gasteiger partial charge on any atom is -0.458 e. The summed E-state index contributed by atoms with van der Waals surface area (Å²) in [5, 5.41) is 8.53. The zero-order valence-corrected chi connectivity index (χ0v) is 33.8. The lowest BCUT2D eigenvalue weighted by Crippen LogP contribution is -2.52. The fourth-order valence-electron chi connectivity index (χ4n) is 5.07. The Balaban J connectivity index is 1.58. The predicted molar refractivity (Wildman–Crippen MR) is 209 cm³/mol. The van der Waals surface area contributed by atoms with Crippen LogP contribution in [0.15, 0.2) is 67.1 Å². The van der Waals surface area contributed by atoms with Crippen molar-refractivity contribution in [3.8, 4) is 0 Å². The number of rotatable bonds is 16. The number of carbonyl (C=O) groups excluding carboxylic acids is 5. The number of nitrogens with one attached hydrogen (secondary N) is 3. The summed E-state index contributed by atoms with van der Waals surface area (Å²) in [5.41, 5.74) is -0.273. The molecule has 0 radical (unpaired) electrons. The third-order valence-corrected chi connectivity index (χ3v) is 8.63. The Kier molecular flexibility index (Phi) is 15.7. The molecular weight excluding hydrogens is 757 g/mol. The Morgan fingerprint density at radius 3 is 2.20 bits per heavy atom. The summed E-state index contributed by atoms with van der Waals surface area (Å²) in [6, 6.07) is 11.6. The lowest BCUT2D eigenvalue weighted by Gasteiger charge is -2.27. The third kappa shape index (κ3) is 14.1. The van der Waals surface area contributed by atoms with Gasteiger partial charge in [-0.3, -0.25) is 14.4 Å². The highest BCUT2D eigenvalue weighted by Crippen LogP contribution is 2.37. The summed E-state index contributed by atoms with van der Waals surface area (Å²) in [7, 11) is 0. The molecule has 1 heterocycles. The number of imidazole rings is 1. The molecule has 292 valence electrons. The van der Waals surface area contributed by atoms with Gasteiger partial charge in [0.1, 0.15) is 23.3 Å². The minimum atomic E-state index is -1.53. The van der Waals surface area contributed by atoms with Gasteiger partial charge in [0, 0.05) is 29.4 Å². The monoisotopic (exact) mass is 803 g/mol. The third-order valence-electron chi connectivity index (χ3n) is 7.57. The summed E-state index contributed by atoms with van der Waals surface area (Å²) in [6.45, 7) is 12.1. The first kappa shape index (κ1) is 44.0. The molecule has 12 nitrogen and oxygen atoms in total. The van der Waals surface area contributed by atoms with Crippen molar-refractivity contribution in [3.05, 3.63) is 94.0 Å². The van der Waals surface area contributed by atoms with Gasteiger partial charge in [0.2, 0.25) is 11.8 Å². The van der Waals surface area contributed by atoms with Crippen LogP contribution in [0.25, 0.3) is 6.08 Å². The Morgan fingerprint density at radius 2 is 1.57 bits per heavy atom. The molecule has 3 N–H and O–H groups in total. The lowest BCUT2D eigenvalue weighted by molar-refractivity contribution is -0.158. The lowest BCUT2D eigenvalue weighted by atomic mass is 9.89. The van der Waals surface area contributed by atoms with Crippen LogP contribution in [0.4, 0.5) is 4.79 Å². The van der Waals surface area contributed by atoms with Gasteiger partial charge in [-0.15, -0.1) is 11.6 Å². The molecule has 54 heavy (non-hydrogen) atoms. The van der Waals surface area contributed by atoms with E-state index in [9.17, 15) is 24.0 Å². The number of carbonyl (C=O) groups is 5. The van der Waals surface area contributed by atoms with Gasteiger partial charge in [0.25, 0.3) is 0 Å². The highest BCUT2D eigenvalue weighted by Gasteiger charge is 2.40. The molecule has 2 aromatic carbocycles. The van der Waals surface area contributed by atoms with Crippen molar-refractivity contribution in [1.29, 1.82) is 0 Å². The second-order valence-corrected chi connectivity index (χ2v) is 16.2. The van der Waals surface area contributed by atoms with Crippen LogP contribution >= 0.6 is 34.8 Å². The first-order valence-corrected chi connectivity index (χ1v) is 18.5. The van der Waals surface area contributed by atoms with Gasteiger partial charge in [-0.2, -0.15) is 0 Å². The average molecular weight is 805 g/mol. The zero-order chi connectivity index (χ0) is 40.3. The van der Waals surface area contributed by atoms with Crippen LogP contribution in [0.3, 0.4) is 0 Å². The van der Waals surface area contributed by atoms with Gasteiger partial charge >= 0.3 is 12.1 Å². The number of ether oxygens (including phenoxy) is 2. The number of aromatic nitrogens is 2. The smallest absolute Gasteiger partial charge is 0.408 e. The number of benzene rings is 2. The Morgan fingerprint density at radius 1 is 0.907 bits per heavy atom. The Hall–Kier alpha value is -4.39. The summed E-state index contributed by atoms with van der Waals surface area (Å²) in [6.07, 6.45) is 6.40. The first-order chi connectivity index (χ1) is 25.2. The van der Waals surface area contributed by atoms with Gasteiger partial charge < -0.3 is 30.0 Å². The van der Waals surface area contributed by atoms with Crippen LogP contribution in [-0.2, 0) is 35.3 Å². The maximum absolute atomic E-state index is 13.8. The molecule has 3 aromatic rings. The average Bonchev–Trinajstić information content (AvgIpc) is 3.51. The van der Waals surface area contributed by atoms with Crippen LogP contribution in [-0.4, -0.2) is 69.0 Å². The van der Waals surface area contributed by atoms with E-state index in [1.54, 1.807) is 88.7 Å². The quantitative estimate of drug-likeness (QED) is 0.0450. The Bertz CT molecular complexity index is 1820. The van der Waals surface area contributed by atoms with E-state index in [1.165, 1.54) is 31.5 Å². The van der Waals surface area contributed by atoms with Crippen molar-refractivity contribution in [2.24, 2.45) is 0 Å². The highest BCUT2D eigenvalue weighted by molar-refractivity contribution is 6.42. The molecule has 0 spiro atoms. The van der Waals surface area contributed by atoms with Crippen molar-refractivity contribution >= 4 is 70.5 Å². The van der Waals surface area contributed by atoms with Gasteiger partial charge in [0.15, 0.2) is 10.7 Å². The molecule has 1 unspecified atom stereocenters. The second-order valence-electron chi connectivity index (χ2n) is 14.7. The maximum Gasteiger partial charge on any atom is 0.408 e. The van der Waals surface area contributed by atoms with E-state index in [1.807, 2.05) is 6.07 Å². The number of nitrogens with zero attached hydrogens (tertiary/aromatic N) is 2. The molecule has 0 aliphatic rings. The summed E-state index contributed by atoms with van der Waals surface area (Å²) in [5.74, 6) is -1.96. The number of unbranched alkanes of at least 4 members (excludes halogenated alkanes) is 1. The van der Waals surface area contributed by atoms with Crippen LogP contribution < -0.4 is 16.0 Å². The van der Waals surface area contributed by atoms with Crippen LogP contribution in [0.1, 0.15) is 89.3 Å². The van der Waals surface area contributed by atoms with Crippen molar-refractivity contribution in [1.82, 2.24) is 25.5 Å². The van der Waals surface area contributed by atoms with Crippen molar-refractivity contribution in [2.45, 2.75) is 102 Å². The van der Waals surface area contributed by atoms with Crippen LogP contribution in [0, 0.1) is 0 Å². The molecule has 0 bridgehead atoms. The molecule has 0 saturated heterocycles. The highest BCUT2D eigenvalue weighted by atomic mass is 35.5. The van der Waals surface area contributed by atoms with Gasteiger partial charge in [0.05, 0.1) is 23.6 Å². The number of hydrogen-bond donors (Lipinski definition) is 3. The molecular formula is C39H48Cl3N5O7. The van der Waals surface area contributed by atoms with E-state index >= 15 is 0 Å². The van der Waals surface area contributed by atoms with Crippen LogP contribution in [0.2, 0.25) is 10.0 Å². The molecule has 0 aliphatic heterocycles. The molecule has 1 aromatic heterocycles. The molecule has 0 fully saturated rings. The molecule has 0 aliphatic carbocycles. The number of Topliss-reactive ketones (excluding diaryl/α,β-unsaturated/α-hetero) is 1.